The van der Waals surface area contributed by atoms with E-state index in [4.69, 9.17) is 9.47 Å². The van der Waals surface area contributed by atoms with Crippen LogP contribution in [0.1, 0.15) is 12.5 Å². The Morgan fingerprint density at radius 1 is 1.04 bits per heavy atom. The molecular formula is C21H21NO4. The number of para-hydroxylation sites is 1. The quantitative estimate of drug-likeness (QED) is 0.460. The molecule has 0 unspecified atom stereocenters. The van der Waals surface area contributed by atoms with Gasteiger partial charge >= 0.3 is 0 Å². The molecule has 134 valence electrons. The van der Waals surface area contributed by atoms with Gasteiger partial charge in [0.1, 0.15) is 17.8 Å². The van der Waals surface area contributed by atoms with Crippen molar-refractivity contribution in [1.29, 1.82) is 0 Å². The zero-order valence-electron chi connectivity index (χ0n) is 14.7. The molecule has 3 rings (SSSR count). The van der Waals surface area contributed by atoms with E-state index in [-0.39, 0.29) is 12.0 Å². The highest BCUT2D eigenvalue weighted by atomic mass is 16.5. The van der Waals surface area contributed by atoms with Crippen LogP contribution in [-0.4, -0.2) is 24.1 Å². The molecule has 0 atom stereocenters. The monoisotopic (exact) mass is 351 g/mol. The smallest absolute Gasteiger partial charge is 0.254 e. The summed E-state index contributed by atoms with van der Waals surface area (Å²) in [5.41, 5.74) is 1.08. The number of hydrogen-bond acceptors (Lipinski definition) is 4. The molecule has 5 heteroatoms. The molecule has 2 aromatic carbocycles. The van der Waals surface area contributed by atoms with E-state index in [1.165, 1.54) is 0 Å². The molecule has 0 aliphatic heterocycles. The topological polar surface area (TPSA) is 57.5 Å². The number of rotatable bonds is 8. The zero-order chi connectivity index (χ0) is 18.4. The summed E-state index contributed by atoms with van der Waals surface area (Å²) in [6.07, 6.45) is 0.855. The van der Waals surface area contributed by atoms with Crippen LogP contribution >= 0.6 is 0 Å². The van der Waals surface area contributed by atoms with E-state index in [0.29, 0.717) is 31.1 Å². The predicted octanol–water partition coefficient (Wildman–Crippen LogP) is 3.57. The molecular weight excluding hydrogens is 330 g/mol. The Balaban J connectivity index is 2.04. The number of hydrogen-bond donors (Lipinski definition) is 0. The second-order valence-corrected chi connectivity index (χ2v) is 5.83. The van der Waals surface area contributed by atoms with Crippen LogP contribution in [-0.2, 0) is 22.5 Å². The van der Waals surface area contributed by atoms with Crippen LogP contribution < -0.4 is 10.3 Å². The van der Waals surface area contributed by atoms with E-state index in [1.807, 2.05) is 55.5 Å². The SMILES string of the molecule is CCOCCn1c(=O)c(CC=O)cc2ccc(Oc3ccccc3)cc21. The van der Waals surface area contributed by atoms with Crippen molar-refractivity contribution in [3.8, 4) is 11.5 Å². The number of nitrogens with zero attached hydrogens (tertiary/aromatic N) is 1. The van der Waals surface area contributed by atoms with Gasteiger partial charge in [0.2, 0.25) is 0 Å². The molecule has 0 aliphatic carbocycles. The minimum atomic E-state index is -0.166. The van der Waals surface area contributed by atoms with Gasteiger partial charge in [-0.25, -0.2) is 0 Å². The third kappa shape index (κ3) is 4.00. The summed E-state index contributed by atoms with van der Waals surface area (Å²) in [5, 5.41) is 0.887. The van der Waals surface area contributed by atoms with Gasteiger partial charge in [-0.15, -0.1) is 0 Å². The Hall–Kier alpha value is -2.92. The number of benzene rings is 2. The Bertz CT molecular complexity index is 947. The summed E-state index contributed by atoms with van der Waals surface area (Å²) < 4.78 is 12.9. The largest absolute Gasteiger partial charge is 0.457 e. The number of aldehydes is 1. The lowest BCUT2D eigenvalue weighted by Crippen LogP contribution is -2.26. The highest BCUT2D eigenvalue weighted by Crippen LogP contribution is 2.25. The minimum absolute atomic E-state index is 0.103. The molecule has 1 aromatic heterocycles. The fourth-order valence-electron chi connectivity index (χ4n) is 2.86. The fourth-order valence-corrected chi connectivity index (χ4v) is 2.86. The molecule has 3 aromatic rings. The molecule has 0 aliphatic rings. The van der Waals surface area contributed by atoms with Crippen molar-refractivity contribution in [3.05, 3.63) is 70.5 Å². The second kappa shape index (κ2) is 8.45. The van der Waals surface area contributed by atoms with Gasteiger partial charge in [-0.3, -0.25) is 4.79 Å². The molecule has 1 heterocycles. The van der Waals surface area contributed by atoms with E-state index in [2.05, 4.69) is 0 Å². The van der Waals surface area contributed by atoms with E-state index in [1.54, 1.807) is 10.6 Å². The predicted molar refractivity (Wildman–Crippen MR) is 101 cm³/mol. The Labute approximate surface area is 151 Å². The molecule has 0 saturated carbocycles. The molecule has 0 bridgehead atoms. The summed E-state index contributed by atoms with van der Waals surface area (Å²) in [4.78, 5) is 23.6. The maximum atomic E-state index is 12.7. The summed E-state index contributed by atoms with van der Waals surface area (Å²) >= 11 is 0. The molecule has 0 N–H and O–H groups in total. The number of pyridine rings is 1. The fraction of sp³-hybridized carbons (Fsp3) is 0.238. The first-order valence-corrected chi connectivity index (χ1v) is 8.63. The Morgan fingerprint density at radius 2 is 1.85 bits per heavy atom. The van der Waals surface area contributed by atoms with Gasteiger partial charge in [-0.2, -0.15) is 0 Å². The third-order valence-electron chi connectivity index (χ3n) is 4.09. The number of ether oxygens (including phenoxy) is 2. The van der Waals surface area contributed by atoms with Crippen molar-refractivity contribution in [2.24, 2.45) is 0 Å². The third-order valence-corrected chi connectivity index (χ3v) is 4.09. The van der Waals surface area contributed by atoms with Crippen molar-refractivity contribution >= 4 is 17.2 Å². The van der Waals surface area contributed by atoms with Crippen LogP contribution in [0.3, 0.4) is 0 Å². The lowest BCUT2D eigenvalue weighted by molar-refractivity contribution is -0.107. The molecule has 0 spiro atoms. The molecule has 0 fully saturated rings. The van der Waals surface area contributed by atoms with Gasteiger partial charge < -0.3 is 18.8 Å². The van der Waals surface area contributed by atoms with Gasteiger partial charge in [0.05, 0.1) is 12.1 Å². The van der Waals surface area contributed by atoms with Crippen LogP contribution in [0, 0.1) is 0 Å². The second-order valence-electron chi connectivity index (χ2n) is 5.83. The van der Waals surface area contributed by atoms with Crippen LogP contribution in [0.2, 0.25) is 0 Å². The van der Waals surface area contributed by atoms with E-state index in [9.17, 15) is 9.59 Å². The molecule has 26 heavy (non-hydrogen) atoms. The normalized spacial score (nSPS) is 10.8. The minimum Gasteiger partial charge on any atom is -0.457 e. The highest BCUT2D eigenvalue weighted by Gasteiger charge is 2.11. The van der Waals surface area contributed by atoms with Crippen LogP contribution in [0.25, 0.3) is 10.9 Å². The molecule has 0 radical (unpaired) electrons. The number of fused-ring (bicyclic) bond motifs is 1. The first-order chi connectivity index (χ1) is 12.7. The summed E-state index contributed by atoms with van der Waals surface area (Å²) in [7, 11) is 0. The van der Waals surface area contributed by atoms with Gasteiger partial charge in [-0.05, 0) is 42.6 Å². The number of carbonyl (C=O) groups is 1. The average molecular weight is 351 g/mol. The van der Waals surface area contributed by atoms with Crippen LogP contribution in [0.5, 0.6) is 11.5 Å². The van der Waals surface area contributed by atoms with Gasteiger partial charge in [0, 0.05) is 31.2 Å². The van der Waals surface area contributed by atoms with Crippen LogP contribution in [0.15, 0.2) is 59.4 Å². The maximum absolute atomic E-state index is 12.7. The van der Waals surface area contributed by atoms with Crippen molar-refractivity contribution in [3.63, 3.8) is 0 Å². The van der Waals surface area contributed by atoms with Crippen molar-refractivity contribution in [2.75, 3.05) is 13.2 Å². The molecule has 5 nitrogen and oxygen atoms in total. The van der Waals surface area contributed by atoms with Gasteiger partial charge in [0.15, 0.2) is 0 Å². The highest BCUT2D eigenvalue weighted by molar-refractivity contribution is 5.82. The van der Waals surface area contributed by atoms with Crippen LogP contribution in [0.4, 0.5) is 0 Å². The maximum Gasteiger partial charge on any atom is 0.254 e. The molecule has 0 saturated heterocycles. The Morgan fingerprint density at radius 3 is 2.58 bits per heavy atom. The summed E-state index contributed by atoms with van der Waals surface area (Å²) in [6.45, 7) is 3.35. The number of carbonyl (C=O) groups excluding carboxylic acids is 1. The van der Waals surface area contributed by atoms with Crippen molar-refractivity contribution in [1.82, 2.24) is 4.57 Å². The number of aromatic nitrogens is 1. The van der Waals surface area contributed by atoms with Gasteiger partial charge in [-0.1, -0.05) is 18.2 Å². The first-order valence-electron chi connectivity index (χ1n) is 8.63. The average Bonchev–Trinajstić information content (AvgIpc) is 2.66. The summed E-state index contributed by atoms with van der Waals surface area (Å²) in [5.74, 6) is 1.38. The van der Waals surface area contributed by atoms with Gasteiger partial charge in [0.25, 0.3) is 5.56 Å². The first kappa shape index (κ1) is 17.9. The zero-order valence-corrected chi connectivity index (χ0v) is 14.7. The van der Waals surface area contributed by atoms with E-state index >= 15 is 0 Å². The lowest BCUT2D eigenvalue weighted by atomic mass is 10.1. The standard InChI is InChI=1S/C21H21NO4/c1-2-25-13-11-22-20-15-19(26-18-6-4-3-5-7-18)9-8-16(20)14-17(10-12-23)21(22)24/h3-9,12,14-15H,2,10-11,13H2,1H3. The molecule has 0 amide bonds. The van der Waals surface area contributed by atoms with E-state index < -0.39 is 0 Å². The van der Waals surface area contributed by atoms with E-state index in [0.717, 1.165) is 22.9 Å². The van der Waals surface area contributed by atoms with Crippen molar-refractivity contribution < 1.29 is 14.3 Å². The van der Waals surface area contributed by atoms with Crippen molar-refractivity contribution in [2.45, 2.75) is 19.9 Å². The summed E-state index contributed by atoms with van der Waals surface area (Å²) in [6, 6.07) is 16.9. The lowest BCUT2D eigenvalue weighted by Gasteiger charge is -2.14. The Kier molecular flexibility index (Phi) is 5.81.